The maximum absolute atomic E-state index is 12.4. The summed E-state index contributed by atoms with van der Waals surface area (Å²) in [5.74, 6) is -1.28. The van der Waals surface area contributed by atoms with E-state index in [-0.39, 0.29) is 33.0 Å². The smallest absolute Gasteiger partial charge is 0.340 e. The topological polar surface area (TPSA) is 102 Å². The summed E-state index contributed by atoms with van der Waals surface area (Å²) in [7, 11) is -3.93. The Balaban J connectivity index is 2.92. The summed E-state index contributed by atoms with van der Waals surface area (Å²) >= 11 is 12.0. The van der Waals surface area contributed by atoms with Crippen molar-refractivity contribution < 1.29 is 22.7 Å². The molecule has 0 spiro atoms. The molecule has 10 heteroatoms. The summed E-state index contributed by atoms with van der Waals surface area (Å²) in [6.45, 7) is 5.88. The second-order valence-electron chi connectivity index (χ2n) is 6.29. The second kappa shape index (κ2) is 10.8. The first-order valence-electron chi connectivity index (χ1n) is 8.51. The van der Waals surface area contributed by atoms with Crippen molar-refractivity contribution in [2.75, 3.05) is 19.7 Å². The Morgan fingerprint density at radius 2 is 1.85 bits per heavy atom. The van der Waals surface area contributed by atoms with Gasteiger partial charge in [0.05, 0.1) is 15.6 Å². The molecule has 1 aromatic rings. The molecule has 0 aliphatic carbocycles. The highest BCUT2D eigenvalue weighted by Crippen LogP contribution is 2.29. The van der Waals surface area contributed by atoms with Crippen LogP contribution in [-0.4, -0.2) is 40.0 Å². The molecular formula is C17H24Cl2N2O5S. The maximum Gasteiger partial charge on any atom is 0.340 e. The van der Waals surface area contributed by atoms with E-state index in [2.05, 4.69) is 10.0 Å². The van der Waals surface area contributed by atoms with E-state index in [1.54, 1.807) is 0 Å². The Kier molecular flexibility index (Phi) is 9.52. The first-order chi connectivity index (χ1) is 12.6. The number of sulfonamides is 1. The Morgan fingerprint density at radius 3 is 2.44 bits per heavy atom. The molecule has 1 amide bonds. The van der Waals surface area contributed by atoms with Gasteiger partial charge >= 0.3 is 5.97 Å². The number of halogens is 2. The molecule has 1 aromatic carbocycles. The Labute approximate surface area is 169 Å². The number of hydrogen-bond acceptors (Lipinski definition) is 5. The number of hydrogen-bond donors (Lipinski definition) is 2. The number of ether oxygens (including phenoxy) is 1. The monoisotopic (exact) mass is 438 g/mol. The fourth-order valence-corrected chi connectivity index (χ4v) is 3.97. The first kappa shape index (κ1) is 23.7. The van der Waals surface area contributed by atoms with Gasteiger partial charge in [0.25, 0.3) is 5.91 Å². The van der Waals surface area contributed by atoms with Gasteiger partial charge in [0.2, 0.25) is 10.0 Å². The number of esters is 1. The van der Waals surface area contributed by atoms with Gasteiger partial charge in [-0.2, -0.15) is 0 Å². The Morgan fingerprint density at radius 1 is 1.19 bits per heavy atom. The van der Waals surface area contributed by atoms with E-state index in [1.165, 1.54) is 0 Å². The number of carbonyl (C=O) groups is 2. The quantitative estimate of drug-likeness (QED) is 0.431. The van der Waals surface area contributed by atoms with Crippen molar-refractivity contribution in [2.24, 2.45) is 5.92 Å². The molecule has 0 radical (unpaired) electrons. The summed E-state index contributed by atoms with van der Waals surface area (Å²) < 4.78 is 32.1. The maximum atomic E-state index is 12.4. The number of nitrogens with one attached hydrogen (secondary N) is 2. The number of unbranched alkanes of at least 4 members (excludes halogenated alkanes) is 1. The lowest BCUT2D eigenvalue weighted by molar-refractivity contribution is -0.124. The average molecular weight is 439 g/mol. The highest BCUT2D eigenvalue weighted by Gasteiger charge is 2.23. The zero-order chi connectivity index (χ0) is 20.6. The number of rotatable bonds is 10. The molecule has 0 bridgehead atoms. The van der Waals surface area contributed by atoms with Gasteiger partial charge in [-0.15, -0.1) is 0 Å². The molecule has 0 atom stereocenters. The molecule has 0 fully saturated rings. The molecule has 27 heavy (non-hydrogen) atoms. The molecule has 1 rings (SSSR count). The van der Waals surface area contributed by atoms with Gasteiger partial charge < -0.3 is 10.1 Å². The van der Waals surface area contributed by atoms with E-state index in [0.29, 0.717) is 6.54 Å². The van der Waals surface area contributed by atoms with E-state index in [1.807, 2.05) is 20.8 Å². The molecule has 152 valence electrons. The predicted octanol–water partition coefficient (Wildman–Crippen LogP) is 3.00. The minimum absolute atomic E-state index is 0.0702. The number of amides is 1. The van der Waals surface area contributed by atoms with E-state index in [4.69, 9.17) is 27.9 Å². The molecular weight excluding hydrogens is 415 g/mol. The Bertz CT molecular complexity index is 782. The van der Waals surface area contributed by atoms with Gasteiger partial charge in [-0.05, 0) is 24.5 Å². The van der Waals surface area contributed by atoms with Crippen molar-refractivity contribution in [1.82, 2.24) is 10.0 Å². The lowest BCUT2D eigenvalue weighted by atomic mass is 10.2. The van der Waals surface area contributed by atoms with E-state index in [9.17, 15) is 18.0 Å². The third-order valence-corrected chi connectivity index (χ3v) is 5.60. The molecule has 0 saturated carbocycles. The summed E-state index contributed by atoms with van der Waals surface area (Å²) in [6, 6.07) is 2.20. The summed E-state index contributed by atoms with van der Waals surface area (Å²) in [6.07, 6.45) is 1.73. The third-order valence-electron chi connectivity index (χ3n) is 3.40. The van der Waals surface area contributed by atoms with Crippen LogP contribution in [0.3, 0.4) is 0 Å². The molecule has 0 aromatic heterocycles. The van der Waals surface area contributed by atoms with Crippen LogP contribution in [0.4, 0.5) is 0 Å². The van der Waals surface area contributed by atoms with Crippen LogP contribution >= 0.6 is 23.2 Å². The van der Waals surface area contributed by atoms with Gasteiger partial charge in [-0.25, -0.2) is 17.9 Å². The van der Waals surface area contributed by atoms with Crippen LogP contribution in [0.25, 0.3) is 0 Å². The molecule has 0 heterocycles. The van der Waals surface area contributed by atoms with Crippen LogP contribution in [0.5, 0.6) is 0 Å². The van der Waals surface area contributed by atoms with E-state index in [0.717, 1.165) is 25.0 Å². The van der Waals surface area contributed by atoms with Gasteiger partial charge in [0.15, 0.2) is 6.61 Å². The fraction of sp³-hybridized carbons (Fsp3) is 0.529. The third kappa shape index (κ3) is 7.65. The molecule has 0 unspecified atom stereocenters. The molecule has 0 saturated heterocycles. The predicted molar refractivity (Wildman–Crippen MR) is 105 cm³/mol. The van der Waals surface area contributed by atoms with E-state index < -0.39 is 28.5 Å². The SMILES string of the molecule is CCCCNC(=O)COC(=O)c1cc(S(=O)(=O)NCC(C)C)c(Cl)cc1Cl. The van der Waals surface area contributed by atoms with Crippen molar-refractivity contribution in [2.45, 2.75) is 38.5 Å². The number of benzene rings is 1. The standard InChI is InChI=1S/C17H24Cl2N2O5S/c1-4-5-6-20-16(22)10-26-17(23)12-7-15(14(19)8-13(12)18)27(24,25)21-9-11(2)3/h7-8,11,21H,4-6,9-10H2,1-3H3,(H,20,22). The molecule has 0 aliphatic rings. The van der Waals surface area contributed by atoms with Crippen LogP contribution in [0.15, 0.2) is 17.0 Å². The molecule has 7 nitrogen and oxygen atoms in total. The van der Waals surface area contributed by atoms with Crippen molar-refractivity contribution in [3.63, 3.8) is 0 Å². The van der Waals surface area contributed by atoms with E-state index >= 15 is 0 Å². The average Bonchev–Trinajstić information content (AvgIpc) is 2.58. The van der Waals surface area contributed by atoms with Gasteiger partial charge in [0.1, 0.15) is 4.90 Å². The van der Waals surface area contributed by atoms with Gasteiger partial charge in [-0.3, -0.25) is 4.79 Å². The molecule has 0 aliphatic heterocycles. The Hall–Kier alpha value is -1.35. The van der Waals surface area contributed by atoms with Crippen molar-refractivity contribution in [3.05, 3.63) is 27.7 Å². The lowest BCUT2D eigenvalue weighted by Gasteiger charge is -2.13. The second-order valence-corrected chi connectivity index (χ2v) is 8.84. The van der Waals surface area contributed by atoms with Gasteiger partial charge in [-0.1, -0.05) is 50.4 Å². The largest absolute Gasteiger partial charge is 0.452 e. The van der Waals surface area contributed by atoms with Crippen LogP contribution in [-0.2, 0) is 19.6 Å². The van der Waals surface area contributed by atoms with Crippen LogP contribution in [0, 0.1) is 5.92 Å². The van der Waals surface area contributed by atoms with Crippen LogP contribution in [0.2, 0.25) is 10.0 Å². The van der Waals surface area contributed by atoms with Crippen molar-refractivity contribution >= 4 is 45.1 Å². The normalized spacial score (nSPS) is 11.5. The summed E-state index contributed by atoms with van der Waals surface area (Å²) in [5, 5.41) is 2.41. The summed E-state index contributed by atoms with van der Waals surface area (Å²) in [4.78, 5) is 23.5. The summed E-state index contributed by atoms with van der Waals surface area (Å²) in [5.41, 5.74) is -0.188. The minimum atomic E-state index is -3.93. The number of carbonyl (C=O) groups excluding carboxylic acids is 2. The zero-order valence-corrected chi connectivity index (χ0v) is 17.8. The highest BCUT2D eigenvalue weighted by molar-refractivity contribution is 7.89. The minimum Gasteiger partial charge on any atom is -0.452 e. The van der Waals surface area contributed by atoms with Crippen molar-refractivity contribution in [1.29, 1.82) is 0 Å². The van der Waals surface area contributed by atoms with Crippen LogP contribution in [0.1, 0.15) is 44.0 Å². The first-order valence-corrected chi connectivity index (χ1v) is 10.7. The highest BCUT2D eigenvalue weighted by atomic mass is 35.5. The van der Waals surface area contributed by atoms with Gasteiger partial charge in [0, 0.05) is 13.1 Å². The fourth-order valence-electron chi connectivity index (χ4n) is 1.91. The van der Waals surface area contributed by atoms with Crippen LogP contribution < -0.4 is 10.0 Å². The molecule has 2 N–H and O–H groups in total. The van der Waals surface area contributed by atoms with Crippen molar-refractivity contribution in [3.8, 4) is 0 Å². The lowest BCUT2D eigenvalue weighted by Crippen LogP contribution is -2.30. The zero-order valence-electron chi connectivity index (χ0n) is 15.5.